The Hall–Kier alpha value is -5.22. The van der Waals surface area contributed by atoms with Gasteiger partial charge in [0, 0.05) is 23.8 Å². The van der Waals surface area contributed by atoms with Crippen molar-refractivity contribution in [3.8, 4) is 33.8 Å². The molecule has 6 aromatic rings. The quantitative estimate of drug-likeness (QED) is 0.0461. The van der Waals surface area contributed by atoms with Gasteiger partial charge in [0.05, 0.1) is 13.7 Å². The van der Waals surface area contributed by atoms with Gasteiger partial charge in [0.2, 0.25) is 0 Å². The second-order valence-corrected chi connectivity index (χ2v) is 17.6. The van der Waals surface area contributed by atoms with E-state index in [0.717, 1.165) is 63.1 Å². The summed E-state index contributed by atoms with van der Waals surface area (Å²) in [4.78, 5) is 9.36. The van der Waals surface area contributed by atoms with E-state index in [1.165, 1.54) is 146 Å². The topological polar surface area (TPSA) is 44.2 Å². The summed E-state index contributed by atoms with van der Waals surface area (Å²) in [7, 11) is 1.69. The van der Waals surface area contributed by atoms with Crippen molar-refractivity contribution in [1.82, 2.24) is 9.97 Å². The summed E-state index contributed by atoms with van der Waals surface area (Å²) in [6, 6.07) is 43.5. The highest BCUT2D eigenvalue weighted by Crippen LogP contribution is 2.25. The molecule has 0 aliphatic rings. The van der Waals surface area contributed by atoms with Crippen LogP contribution >= 0.6 is 0 Å². The van der Waals surface area contributed by atoms with Gasteiger partial charge in [0.25, 0.3) is 0 Å². The zero-order chi connectivity index (χ0) is 44.9. The molecule has 0 amide bonds. The van der Waals surface area contributed by atoms with Crippen LogP contribution in [-0.2, 0) is 38.5 Å². The van der Waals surface area contributed by atoms with Crippen molar-refractivity contribution < 1.29 is 9.47 Å². The lowest BCUT2D eigenvalue weighted by Crippen LogP contribution is -1.97. The average Bonchev–Trinajstić information content (AvgIpc) is 3.35. The van der Waals surface area contributed by atoms with Crippen LogP contribution in [0.1, 0.15) is 151 Å². The van der Waals surface area contributed by atoms with Gasteiger partial charge in [0.15, 0.2) is 0 Å². The summed E-state index contributed by atoms with van der Waals surface area (Å²) in [5, 5.41) is 0. The van der Waals surface area contributed by atoms with Crippen LogP contribution in [0.4, 0.5) is 0 Å². The SMILES string of the molecule is CCCCCCCCCOc1ccc(-c2ccc(CCc3ccc(CCCCCC)cn3)cc2)cc1.CCCCCCc1ccc(CCc2ccc(-c3ccc(OC)cc3)cc2)nc1. The van der Waals surface area contributed by atoms with E-state index in [0.29, 0.717) is 0 Å². The van der Waals surface area contributed by atoms with Gasteiger partial charge in [-0.3, -0.25) is 9.97 Å². The van der Waals surface area contributed by atoms with Gasteiger partial charge >= 0.3 is 0 Å². The number of pyridine rings is 2. The number of hydrogen-bond acceptors (Lipinski definition) is 4. The molecule has 2 aromatic heterocycles. The zero-order valence-corrected chi connectivity index (χ0v) is 40.0. The van der Waals surface area contributed by atoms with E-state index in [4.69, 9.17) is 14.5 Å². The molecule has 0 fully saturated rings. The monoisotopic (exact) mass is 859 g/mol. The summed E-state index contributed by atoms with van der Waals surface area (Å²) in [6.07, 6.45) is 30.1. The lowest BCUT2D eigenvalue weighted by atomic mass is 10.0. The van der Waals surface area contributed by atoms with E-state index >= 15 is 0 Å². The van der Waals surface area contributed by atoms with Crippen LogP contribution in [0.3, 0.4) is 0 Å². The summed E-state index contributed by atoms with van der Waals surface area (Å²) in [5.41, 5.74) is 12.7. The van der Waals surface area contributed by atoms with Crippen molar-refractivity contribution in [3.05, 3.63) is 167 Å². The highest BCUT2D eigenvalue weighted by Gasteiger charge is 2.05. The van der Waals surface area contributed by atoms with Crippen LogP contribution in [0.5, 0.6) is 11.5 Å². The number of methoxy groups -OCH3 is 1. The van der Waals surface area contributed by atoms with Crippen LogP contribution in [0, 0.1) is 0 Å². The summed E-state index contributed by atoms with van der Waals surface area (Å²) in [5.74, 6) is 1.86. The van der Waals surface area contributed by atoms with E-state index in [1.807, 2.05) is 12.1 Å². The van der Waals surface area contributed by atoms with Crippen molar-refractivity contribution in [2.45, 2.75) is 156 Å². The van der Waals surface area contributed by atoms with Gasteiger partial charge in [-0.2, -0.15) is 0 Å². The van der Waals surface area contributed by atoms with E-state index in [1.54, 1.807) is 7.11 Å². The minimum absolute atomic E-state index is 0.818. The number of rotatable bonds is 28. The van der Waals surface area contributed by atoms with Crippen molar-refractivity contribution in [3.63, 3.8) is 0 Å². The maximum absolute atomic E-state index is 5.95. The molecule has 0 N–H and O–H groups in total. The van der Waals surface area contributed by atoms with Crippen LogP contribution in [0.25, 0.3) is 22.3 Å². The number of ether oxygens (including phenoxy) is 2. The minimum Gasteiger partial charge on any atom is -0.497 e. The van der Waals surface area contributed by atoms with Crippen LogP contribution in [-0.4, -0.2) is 23.7 Å². The number of aromatic nitrogens is 2. The van der Waals surface area contributed by atoms with Gasteiger partial charge in [-0.15, -0.1) is 0 Å². The molecular weight excluding hydrogens is 781 g/mol. The molecule has 0 atom stereocenters. The average molecular weight is 859 g/mol. The van der Waals surface area contributed by atoms with Gasteiger partial charge < -0.3 is 9.47 Å². The predicted molar refractivity (Wildman–Crippen MR) is 273 cm³/mol. The normalized spacial score (nSPS) is 10.9. The molecule has 340 valence electrons. The summed E-state index contributed by atoms with van der Waals surface area (Å²) >= 11 is 0. The second-order valence-electron chi connectivity index (χ2n) is 17.6. The number of nitrogens with zero attached hydrogens (tertiary/aromatic N) is 2. The molecule has 6 rings (SSSR count). The Labute approximate surface area is 388 Å². The van der Waals surface area contributed by atoms with E-state index in [9.17, 15) is 0 Å². The van der Waals surface area contributed by atoms with Crippen LogP contribution in [0.2, 0.25) is 0 Å². The Kier molecular flexibility index (Phi) is 23.4. The Morgan fingerprint density at radius 3 is 1.08 bits per heavy atom. The van der Waals surface area contributed by atoms with Crippen molar-refractivity contribution in [2.75, 3.05) is 13.7 Å². The zero-order valence-electron chi connectivity index (χ0n) is 40.0. The van der Waals surface area contributed by atoms with Crippen molar-refractivity contribution in [2.24, 2.45) is 0 Å². The van der Waals surface area contributed by atoms with Gasteiger partial charge in [-0.1, -0.05) is 183 Å². The second kappa shape index (κ2) is 30.0. The van der Waals surface area contributed by atoms with E-state index in [2.05, 4.69) is 147 Å². The first-order valence-corrected chi connectivity index (χ1v) is 25.0. The maximum atomic E-state index is 5.95. The molecule has 0 bridgehead atoms. The lowest BCUT2D eigenvalue weighted by Gasteiger charge is -2.08. The molecule has 4 aromatic carbocycles. The summed E-state index contributed by atoms with van der Waals surface area (Å²) in [6.45, 7) is 7.60. The summed E-state index contributed by atoms with van der Waals surface area (Å²) < 4.78 is 11.2. The van der Waals surface area contributed by atoms with Crippen LogP contribution in [0.15, 0.2) is 134 Å². The molecule has 0 aliphatic carbocycles. The fourth-order valence-corrected chi connectivity index (χ4v) is 8.06. The molecule has 0 unspecified atom stereocenters. The Morgan fingerprint density at radius 2 is 0.688 bits per heavy atom. The third kappa shape index (κ3) is 18.9. The van der Waals surface area contributed by atoms with Gasteiger partial charge in [-0.25, -0.2) is 0 Å². The van der Waals surface area contributed by atoms with Crippen molar-refractivity contribution in [1.29, 1.82) is 0 Å². The predicted octanol–water partition coefficient (Wildman–Crippen LogP) is 16.5. The third-order valence-corrected chi connectivity index (χ3v) is 12.3. The molecular formula is C60H78N2O2. The lowest BCUT2D eigenvalue weighted by molar-refractivity contribution is 0.304. The number of hydrogen-bond donors (Lipinski definition) is 0. The molecule has 0 radical (unpaired) electrons. The largest absolute Gasteiger partial charge is 0.497 e. The van der Waals surface area contributed by atoms with Crippen molar-refractivity contribution >= 4 is 0 Å². The molecule has 0 saturated carbocycles. The third-order valence-electron chi connectivity index (χ3n) is 12.3. The van der Waals surface area contributed by atoms with E-state index < -0.39 is 0 Å². The molecule has 4 heteroatoms. The number of unbranched alkanes of at least 4 members (excludes halogenated alkanes) is 12. The van der Waals surface area contributed by atoms with Gasteiger partial charge in [-0.05, 0) is 139 Å². The van der Waals surface area contributed by atoms with Crippen LogP contribution < -0.4 is 9.47 Å². The fourth-order valence-electron chi connectivity index (χ4n) is 8.06. The molecule has 64 heavy (non-hydrogen) atoms. The smallest absolute Gasteiger partial charge is 0.119 e. The van der Waals surface area contributed by atoms with Gasteiger partial charge in [0.1, 0.15) is 11.5 Å². The highest BCUT2D eigenvalue weighted by molar-refractivity contribution is 5.65. The first kappa shape index (κ1) is 49.8. The fraction of sp³-hybridized carbons (Fsp3) is 0.433. The number of aryl methyl sites for hydroxylation is 6. The maximum Gasteiger partial charge on any atom is 0.119 e. The molecule has 0 spiro atoms. The molecule has 4 nitrogen and oxygen atoms in total. The first-order valence-electron chi connectivity index (χ1n) is 25.0. The Bertz CT molecular complexity index is 2070. The van der Waals surface area contributed by atoms with E-state index in [-0.39, 0.29) is 0 Å². The molecule has 0 saturated heterocycles. The minimum atomic E-state index is 0.818. The highest BCUT2D eigenvalue weighted by atomic mass is 16.5. The number of benzene rings is 4. The molecule has 0 aliphatic heterocycles. The Balaban J connectivity index is 0.000000248. The Morgan fingerprint density at radius 1 is 0.328 bits per heavy atom. The standard InChI is InChI=1S/C34H47NO.C26H31NO/c1-3-5-7-9-10-11-13-27-36-34-25-21-32(22-26-34)31-19-15-29(16-20-31)17-23-33-24-18-30(28-35-33)14-12-8-6-4-2;1-3-4-5-6-7-22-11-17-25(27-20-22)16-10-21-8-12-23(13-9-21)24-14-18-26(28-2)19-15-24/h15-16,18-22,24-26,28H,3-14,17,23,27H2,1-2H3;8-9,11-15,17-20H,3-7,10,16H2,1-2H3. The molecule has 2 heterocycles. The first-order chi connectivity index (χ1) is 31.6.